The van der Waals surface area contributed by atoms with Crippen LogP contribution in [0.5, 0.6) is 17.2 Å². The zero-order valence-corrected chi connectivity index (χ0v) is 15.0. The van der Waals surface area contributed by atoms with E-state index in [9.17, 15) is 0 Å². The molecule has 0 saturated carbocycles. The zero-order chi connectivity index (χ0) is 17.4. The number of anilines is 1. The van der Waals surface area contributed by atoms with Crippen LogP contribution in [0, 0.1) is 0 Å². The van der Waals surface area contributed by atoms with Crippen molar-refractivity contribution in [1.82, 2.24) is 0 Å². The molecule has 1 unspecified atom stereocenters. The van der Waals surface area contributed by atoms with Crippen LogP contribution < -0.4 is 19.5 Å². The molecule has 0 aromatic heterocycles. The van der Waals surface area contributed by atoms with Crippen LogP contribution in [0.2, 0.25) is 0 Å². The smallest absolute Gasteiger partial charge is 0.203 e. The summed E-state index contributed by atoms with van der Waals surface area (Å²) in [6, 6.07) is 14.6. The SMILES string of the molecule is CCCCC(Nc1cc(OC)c(OC)c(OC)c1)c1ccccc1. The van der Waals surface area contributed by atoms with Crippen LogP contribution in [0.4, 0.5) is 5.69 Å². The molecule has 2 aromatic rings. The van der Waals surface area contributed by atoms with E-state index in [1.807, 2.05) is 18.2 Å². The number of benzene rings is 2. The lowest BCUT2D eigenvalue weighted by atomic mass is 10.0. The molecule has 1 N–H and O–H groups in total. The highest BCUT2D eigenvalue weighted by Gasteiger charge is 2.16. The Hall–Kier alpha value is -2.36. The van der Waals surface area contributed by atoms with Gasteiger partial charge in [0.05, 0.1) is 27.4 Å². The van der Waals surface area contributed by atoms with E-state index >= 15 is 0 Å². The van der Waals surface area contributed by atoms with Crippen molar-refractivity contribution < 1.29 is 14.2 Å². The third-order valence-electron chi connectivity index (χ3n) is 4.05. The second-order valence-corrected chi connectivity index (χ2v) is 5.66. The first-order valence-electron chi connectivity index (χ1n) is 8.35. The molecule has 2 aromatic carbocycles. The molecule has 2 rings (SSSR count). The molecule has 0 aliphatic heterocycles. The first kappa shape index (κ1) is 18.0. The summed E-state index contributed by atoms with van der Waals surface area (Å²) in [5.74, 6) is 1.92. The topological polar surface area (TPSA) is 39.7 Å². The quantitative estimate of drug-likeness (QED) is 0.698. The van der Waals surface area contributed by atoms with Crippen molar-refractivity contribution in [2.45, 2.75) is 32.2 Å². The second kappa shape index (κ2) is 9.06. The van der Waals surface area contributed by atoms with E-state index in [1.165, 1.54) is 12.0 Å². The molecule has 130 valence electrons. The number of ether oxygens (including phenoxy) is 3. The normalized spacial score (nSPS) is 11.7. The molecule has 24 heavy (non-hydrogen) atoms. The van der Waals surface area contributed by atoms with E-state index in [0.29, 0.717) is 17.2 Å². The summed E-state index contributed by atoms with van der Waals surface area (Å²) >= 11 is 0. The van der Waals surface area contributed by atoms with Crippen molar-refractivity contribution in [3.05, 3.63) is 48.0 Å². The van der Waals surface area contributed by atoms with Crippen LogP contribution in [0.3, 0.4) is 0 Å². The van der Waals surface area contributed by atoms with Crippen LogP contribution in [0.1, 0.15) is 37.8 Å². The number of unbranched alkanes of at least 4 members (excludes halogenated alkanes) is 1. The fourth-order valence-corrected chi connectivity index (χ4v) is 2.78. The molecule has 0 fully saturated rings. The minimum absolute atomic E-state index is 0.244. The van der Waals surface area contributed by atoms with Gasteiger partial charge < -0.3 is 19.5 Å². The highest BCUT2D eigenvalue weighted by Crippen LogP contribution is 2.41. The molecule has 0 radical (unpaired) electrons. The number of methoxy groups -OCH3 is 3. The average Bonchev–Trinajstić information content (AvgIpc) is 2.64. The largest absolute Gasteiger partial charge is 0.493 e. The average molecular weight is 329 g/mol. The highest BCUT2D eigenvalue weighted by molar-refractivity contribution is 5.63. The first-order chi connectivity index (χ1) is 11.7. The maximum Gasteiger partial charge on any atom is 0.203 e. The Balaban J connectivity index is 2.31. The van der Waals surface area contributed by atoms with Gasteiger partial charge in [-0.3, -0.25) is 0 Å². The lowest BCUT2D eigenvalue weighted by Gasteiger charge is -2.22. The van der Waals surface area contributed by atoms with E-state index in [0.717, 1.165) is 18.5 Å². The summed E-state index contributed by atoms with van der Waals surface area (Å²) in [7, 11) is 4.88. The number of nitrogens with one attached hydrogen (secondary N) is 1. The molecule has 0 bridgehead atoms. The predicted molar refractivity (Wildman–Crippen MR) is 98.4 cm³/mol. The van der Waals surface area contributed by atoms with Gasteiger partial charge in [0.25, 0.3) is 0 Å². The Bertz CT molecular complexity index is 603. The Morgan fingerprint density at radius 1 is 0.917 bits per heavy atom. The first-order valence-corrected chi connectivity index (χ1v) is 8.35. The lowest BCUT2D eigenvalue weighted by Crippen LogP contribution is -2.11. The summed E-state index contributed by atoms with van der Waals surface area (Å²) < 4.78 is 16.3. The summed E-state index contributed by atoms with van der Waals surface area (Å²) in [5, 5.41) is 3.62. The van der Waals surface area contributed by atoms with Crippen molar-refractivity contribution in [3.8, 4) is 17.2 Å². The van der Waals surface area contributed by atoms with Crippen molar-refractivity contribution in [2.24, 2.45) is 0 Å². The summed E-state index contributed by atoms with van der Waals surface area (Å²) in [5.41, 5.74) is 2.23. The second-order valence-electron chi connectivity index (χ2n) is 5.66. The molecule has 0 spiro atoms. The maximum atomic E-state index is 5.44. The molecular formula is C20H27NO3. The predicted octanol–water partition coefficient (Wildman–Crippen LogP) is 5.06. The van der Waals surface area contributed by atoms with Gasteiger partial charge in [0, 0.05) is 17.8 Å². The molecule has 4 heteroatoms. The third kappa shape index (κ3) is 4.34. The van der Waals surface area contributed by atoms with Gasteiger partial charge in [0.1, 0.15) is 0 Å². The van der Waals surface area contributed by atoms with Crippen LogP contribution in [-0.2, 0) is 0 Å². The molecule has 0 saturated heterocycles. The number of rotatable bonds is 9. The van der Waals surface area contributed by atoms with Crippen molar-refractivity contribution >= 4 is 5.69 Å². The van der Waals surface area contributed by atoms with Gasteiger partial charge in [-0.15, -0.1) is 0 Å². The van der Waals surface area contributed by atoms with Crippen molar-refractivity contribution in [1.29, 1.82) is 0 Å². The monoisotopic (exact) mass is 329 g/mol. The van der Waals surface area contributed by atoms with Gasteiger partial charge in [-0.1, -0.05) is 50.1 Å². The van der Waals surface area contributed by atoms with Crippen LogP contribution >= 0.6 is 0 Å². The fraction of sp³-hybridized carbons (Fsp3) is 0.400. The molecule has 1 atom stereocenters. The Morgan fingerprint density at radius 2 is 1.54 bits per heavy atom. The van der Waals surface area contributed by atoms with Crippen LogP contribution in [0.15, 0.2) is 42.5 Å². The van der Waals surface area contributed by atoms with E-state index < -0.39 is 0 Å². The standard InChI is InChI=1S/C20H27NO3/c1-5-6-12-17(15-10-8-7-9-11-15)21-16-13-18(22-2)20(24-4)19(14-16)23-3/h7-11,13-14,17,21H,5-6,12H2,1-4H3. The third-order valence-corrected chi connectivity index (χ3v) is 4.05. The minimum Gasteiger partial charge on any atom is -0.493 e. The van der Waals surface area contributed by atoms with Crippen molar-refractivity contribution in [3.63, 3.8) is 0 Å². The Morgan fingerprint density at radius 3 is 2.04 bits per heavy atom. The molecule has 0 aliphatic rings. The maximum absolute atomic E-state index is 5.44. The molecular weight excluding hydrogens is 302 g/mol. The van der Waals surface area contributed by atoms with Gasteiger partial charge in [-0.05, 0) is 12.0 Å². The molecule has 0 amide bonds. The van der Waals surface area contributed by atoms with Crippen molar-refractivity contribution in [2.75, 3.05) is 26.6 Å². The number of hydrogen-bond donors (Lipinski definition) is 1. The molecule has 0 aliphatic carbocycles. The van der Waals surface area contributed by atoms with Gasteiger partial charge in [-0.2, -0.15) is 0 Å². The van der Waals surface area contributed by atoms with E-state index in [1.54, 1.807) is 21.3 Å². The number of hydrogen-bond acceptors (Lipinski definition) is 4. The van der Waals surface area contributed by atoms with Gasteiger partial charge >= 0.3 is 0 Å². The lowest BCUT2D eigenvalue weighted by molar-refractivity contribution is 0.324. The Kier molecular flexibility index (Phi) is 6.79. The molecule has 0 heterocycles. The summed E-state index contributed by atoms with van der Waals surface area (Å²) in [4.78, 5) is 0. The van der Waals surface area contributed by atoms with Crippen LogP contribution in [-0.4, -0.2) is 21.3 Å². The minimum atomic E-state index is 0.244. The summed E-state index contributed by atoms with van der Waals surface area (Å²) in [6.07, 6.45) is 3.40. The van der Waals surface area contributed by atoms with E-state index in [-0.39, 0.29) is 6.04 Å². The molecule has 4 nitrogen and oxygen atoms in total. The Labute approximate surface area is 144 Å². The fourth-order valence-electron chi connectivity index (χ4n) is 2.78. The zero-order valence-electron chi connectivity index (χ0n) is 15.0. The summed E-state index contributed by atoms with van der Waals surface area (Å²) in [6.45, 7) is 2.21. The van der Waals surface area contributed by atoms with Crippen LogP contribution in [0.25, 0.3) is 0 Å². The van der Waals surface area contributed by atoms with Gasteiger partial charge in [-0.25, -0.2) is 0 Å². The van der Waals surface area contributed by atoms with E-state index in [2.05, 4.69) is 36.5 Å². The van der Waals surface area contributed by atoms with E-state index in [4.69, 9.17) is 14.2 Å². The van der Waals surface area contributed by atoms with Gasteiger partial charge in [0.2, 0.25) is 5.75 Å². The highest BCUT2D eigenvalue weighted by atomic mass is 16.5. The van der Waals surface area contributed by atoms with Gasteiger partial charge in [0.15, 0.2) is 11.5 Å².